The lowest BCUT2D eigenvalue weighted by Crippen LogP contribution is -2.22. The Hall–Kier alpha value is -2.23. The van der Waals surface area contributed by atoms with Gasteiger partial charge in [0.1, 0.15) is 11.6 Å². The van der Waals surface area contributed by atoms with Crippen LogP contribution >= 0.6 is 24.0 Å². The van der Waals surface area contributed by atoms with Crippen LogP contribution in [0.1, 0.15) is 12.8 Å². The van der Waals surface area contributed by atoms with Crippen molar-refractivity contribution in [3.63, 3.8) is 0 Å². The second kappa shape index (κ2) is 12.2. The minimum atomic E-state index is -0.274. The normalized spacial score (nSPS) is 10.7. The lowest BCUT2D eigenvalue weighted by atomic mass is 10.3. The highest BCUT2D eigenvalue weighted by Crippen LogP contribution is 2.29. The van der Waals surface area contributed by atoms with E-state index in [0.29, 0.717) is 36.4 Å². The van der Waals surface area contributed by atoms with Gasteiger partial charge in [0.2, 0.25) is 0 Å². The molecule has 0 fully saturated rings. The highest BCUT2D eigenvalue weighted by molar-refractivity contribution is 14.0. The summed E-state index contributed by atoms with van der Waals surface area (Å²) in [6.45, 7) is 1.13. The molecule has 0 spiro atoms. The first-order valence-electron chi connectivity index (χ1n) is 8.29. The zero-order valence-corrected chi connectivity index (χ0v) is 17.7. The molecule has 2 aromatic rings. The number of methoxy groups -OCH3 is 2. The van der Waals surface area contributed by atoms with Crippen LogP contribution in [0, 0.1) is 5.82 Å². The number of nitrogens with two attached hydrogens (primary N) is 1. The van der Waals surface area contributed by atoms with E-state index in [1.807, 2.05) is 6.07 Å². The van der Waals surface area contributed by atoms with Gasteiger partial charge in [-0.1, -0.05) is 0 Å². The highest BCUT2D eigenvalue weighted by atomic mass is 127. The third-order valence-corrected chi connectivity index (χ3v) is 3.57. The Balaban J connectivity index is 0.00000364. The van der Waals surface area contributed by atoms with Crippen molar-refractivity contribution >= 4 is 35.6 Å². The van der Waals surface area contributed by atoms with Gasteiger partial charge in [0.25, 0.3) is 0 Å². The van der Waals surface area contributed by atoms with Crippen molar-refractivity contribution in [3.05, 3.63) is 48.3 Å². The number of rotatable bonds is 9. The Morgan fingerprint density at radius 1 is 1.04 bits per heavy atom. The smallest absolute Gasteiger partial charge is 0.193 e. The predicted octanol–water partition coefficient (Wildman–Crippen LogP) is 4.05. The van der Waals surface area contributed by atoms with Crippen LogP contribution in [0.5, 0.6) is 17.2 Å². The summed E-state index contributed by atoms with van der Waals surface area (Å²) in [4.78, 5) is 4.28. The molecule has 148 valence electrons. The van der Waals surface area contributed by atoms with Gasteiger partial charge < -0.3 is 25.3 Å². The van der Waals surface area contributed by atoms with E-state index in [2.05, 4.69) is 10.3 Å². The lowest BCUT2D eigenvalue weighted by Gasteiger charge is -2.11. The van der Waals surface area contributed by atoms with Gasteiger partial charge in [-0.2, -0.15) is 0 Å². The first kappa shape index (κ1) is 22.8. The summed E-state index contributed by atoms with van der Waals surface area (Å²) in [5.41, 5.74) is 6.65. The third-order valence-electron chi connectivity index (χ3n) is 3.57. The van der Waals surface area contributed by atoms with Gasteiger partial charge in [-0.05, 0) is 49.2 Å². The molecule has 27 heavy (non-hydrogen) atoms. The van der Waals surface area contributed by atoms with Crippen LogP contribution in [-0.2, 0) is 0 Å². The topological polar surface area (TPSA) is 78.1 Å². The average molecular weight is 489 g/mol. The minimum Gasteiger partial charge on any atom is -0.494 e. The zero-order valence-electron chi connectivity index (χ0n) is 15.4. The molecule has 8 heteroatoms. The number of anilines is 1. The van der Waals surface area contributed by atoms with Crippen LogP contribution < -0.4 is 25.3 Å². The molecule has 0 aromatic heterocycles. The molecule has 2 aromatic carbocycles. The van der Waals surface area contributed by atoms with E-state index in [-0.39, 0.29) is 29.8 Å². The number of benzene rings is 2. The fraction of sp³-hybridized carbons (Fsp3) is 0.316. The van der Waals surface area contributed by atoms with Crippen molar-refractivity contribution in [2.45, 2.75) is 12.8 Å². The van der Waals surface area contributed by atoms with Crippen molar-refractivity contribution in [1.29, 1.82) is 0 Å². The predicted molar refractivity (Wildman–Crippen MR) is 116 cm³/mol. The van der Waals surface area contributed by atoms with E-state index < -0.39 is 0 Å². The molecule has 0 saturated heterocycles. The first-order valence-corrected chi connectivity index (χ1v) is 8.29. The van der Waals surface area contributed by atoms with Crippen molar-refractivity contribution in [2.75, 3.05) is 32.7 Å². The number of nitrogens with one attached hydrogen (secondary N) is 1. The fourth-order valence-corrected chi connectivity index (χ4v) is 2.24. The Bertz CT molecular complexity index is 727. The molecule has 0 atom stereocenters. The largest absolute Gasteiger partial charge is 0.494 e. The van der Waals surface area contributed by atoms with Gasteiger partial charge in [-0.3, -0.25) is 4.99 Å². The van der Waals surface area contributed by atoms with Crippen molar-refractivity contribution < 1.29 is 18.6 Å². The Morgan fingerprint density at radius 2 is 1.74 bits per heavy atom. The molecule has 0 saturated carbocycles. The van der Waals surface area contributed by atoms with Crippen LogP contribution in [0.15, 0.2) is 47.5 Å². The van der Waals surface area contributed by atoms with E-state index in [1.54, 1.807) is 38.5 Å². The standard InChI is InChI=1S/C19H24FN3O3.HI/c1-24-17-10-7-15(13-18(17)25-2)23-19(21)22-11-3-4-12-26-16-8-5-14(20)6-9-16;/h5-10,13H,3-4,11-12H2,1-2H3,(H3,21,22,23);1H. The number of hydrogen-bond donors (Lipinski definition) is 2. The lowest BCUT2D eigenvalue weighted by molar-refractivity contribution is 0.307. The Kier molecular flexibility index (Phi) is 10.3. The summed E-state index contributed by atoms with van der Waals surface area (Å²) in [6.07, 6.45) is 1.65. The number of nitrogens with zero attached hydrogens (tertiary/aromatic N) is 1. The first-order chi connectivity index (χ1) is 12.6. The van der Waals surface area contributed by atoms with Crippen LogP contribution in [0.2, 0.25) is 0 Å². The van der Waals surface area contributed by atoms with Crippen LogP contribution in [-0.4, -0.2) is 33.3 Å². The Morgan fingerprint density at radius 3 is 2.41 bits per heavy atom. The van der Waals surface area contributed by atoms with Crippen molar-refractivity contribution in [3.8, 4) is 17.2 Å². The van der Waals surface area contributed by atoms with Crippen LogP contribution in [0.25, 0.3) is 0 Å². The molecule has 0 radical (unpaired) electrons. The second-order valence-electron chi connectivity index (χ2n) is 5.47. The third kappa shape index (κ3) is 7.90. The average Bonchev–Trinajstić information content (AvgIpc) is 2.65. The number of guanidine groups is 1. The number of unbranched alkanes of at least 4 members (excludes halogenated alkanes) is 1. The molecular weight excluding hydrogens is 464 g/mol. The molecule has 0 unspecified atom stereocenters. The second-order valence-corrected chi connectivity index (χ2v) is 5.47. The molecule has 0 aliphatic carbocycles. The summed E-state index contributed by atoms with van der Waals surface area (Å²) in [6, 6.07) is 11.4. The molecule has 0 aliphatic heterocycles. The molecule has 6 nitrogen and oxygen atoms in total. The quantitative estimate of drug-likeness (QED) is 0.241. The van der Waals surface area contributed by atoms with Crippen molar-refractivity contribution in [1.82, 2.24) is 0 Å². The molecule has 0 amide bonds. The van der Waals surface area contributed by atoms with Gasteiger partial charge in [0.15, 0.2) is 17.5 Å². The fourth-order valence-electron chi connectivity index (χ4n) is 2.24. The van der Waals surface area contributed by atoms with Crippen LogP contribution in [0.4, 0.5) is 10.1 Å². The van der Waals surface area contributed by atoms with E-state index in [1.165, 1.54) is 12.1 Å². The summed E-state index contributed by atoms with van der Waals surface area (Å²) < 4.78 is 28.7. The number of aliphatic imine (C=N–C) groups is 1. The summed E-state index contributed by atoms with van der Waals surface area (Å²) >= 11 is 0. The molecule has 2 rings (SSSR count). The molecule has 3 N–H and O–H groups in total. The summed E-state index contributed by atoms with van der Waals surface area (Å²) in [7, 11) is 3.16. The van der Waals surface area contributed by atoms with Gasteiger partial charge >= 0.3 is 0 Å². The molecule has 0 heterocycles. The number of halogens is 2. The van der Waals surface area contributed by atoms with Gasteiger partial charge in [0.05, 0.1) is 20.8 Å². The number of hydrogen-bond acceptors (Lipinski definition) is 4. The SMILES string of the molecule is COc1ccc(NC(N)=NCCCCOc2ccc(F)cc2)cc1OC.I. The van der Waals surface area contributed by atoms with E-state index >= 15 is 0 Å². The van der Waals surface area contributed by atoms with Gasteiger partial charge in [-0.15, -0.1) is 24.0 Å². The van der Waals surface area contributed by atoms with Gasteiger partial charge in [-0.25, -0.2) is 4.39 Å². The van der Waals surface area contributed by atoms with Gasteiger partial charge in [0, 0.05) is 18.3 Å². The summed E-state index contributed by atoms with van der Waals surface area (Å²) in [5, 5.41) is 3.02. The van der Waals surface area contributed by atoms with E-state index in [0.717, 1.165) is 18.5 Å². The summed E-state index contributed by atoms with van der Waals surface area (Å²) in [5.74, 6) is 1.98. The van der Waals surface area contributed by atoms with E-state index in [4.69, 9.17) is 19.9 Å². The molecular formula is C19H25FIN3O3. The van der Waals surface area contributed by atoms with Crippen molar-refractivity contribution in [2.24, 2.45) is 10.7 Å². The zero-order chi connectivity index (χ0) is 18.8. The van der Waals surface area contributed by atoms with Crippen LogP contribution in [0.3, 0.4) is 0 Å². The Labute approximate surface area is 175 Å². The number of ether oxygens (including phenoxy) is 3. The molecule has 0 aliphatic rings. The maximum absolute atomic E-state index is 12.8. The maximum atomic E-state index is 12.8. The minimum absolute atomic E-state index is 0. The maximum Gasteiger partial charge on any atom is 0.193 e. The van der Waals surface area contributed by atoms with E-state index in [9.17, 15) is 4.39 Å². The highest BCUT2D eigenvalue weighted by Gasteiger charge is 2.05. The molecule has 0 bridgehead atoms. The monoisotopic (exact) mass is 489 g/mol.